The van der Waals surface area contributed by atoms with E-state index < -0.39 is 17.2 Å². The van der Waals surface area contributed by atoms with Gasteiger partial charge in [-0.05, 0) is 25.3 Å². The van der Waals surface area contributed by atoms with E-state index in [1.807, 2.05) is 29.0 Å². The summed E-state index contributed by atoms with van der Waals surface area (Å²) in [5, 5.41) is 12.5. The Morgan fingerprint density at radius 1 is 1.52 bits per heavy atom. The van der Waals surface area contributed by atoms with Crippen molar-refractivity contribution in [3.05, 3.63) is 17.5 Å². The van der Waals surface area contributed by atoms with Crippen LogP contribution in [0, 0.1) is 0 Å². The van der Waals surface area contributed by atoms with E-state index in [2.05, 4.69) is 15.5 Å². The molecule has 0 aliphatic heterocycles. The first-order valence-corrected chi connectivity index (χ1v) is 8.03. The molecule has 7 nitrogen and oxygen atoms in total. The summed E-state index contributed by atoms with van der Waals surface area (Å²) < 4.78 is 1.94. The van der Waals surface area contributed by atoms with E-state index in [0.29, 0.717) is 11.7 Å². The van der Waals surface area contributed by atoms with Crippen LogP contribution in [0.1, 0.15) is 13.8 Å². The molecule has 2 rings (SSSR count). The molecule has 0 aromatic carbocycles. The first-order valence-electron chi connectivity index (χ1n) is 6.27. The van der Waals surface area contributed by atoms with Gasteiger partial charge in [0.1, 0.15) is 0 Å². The predicted octanol–water partition coefficient (Wildman–Crippen LogP) is 1.70. The van der Waals surface area contributed by atoms with E-state index in [4.69, 9.17) is 5.73 Å². The number of hydrogen-bond donors (Lipinski definition) is 2. The molecule has 2 aromatic heterocycles. The molecule has 0 bridgehead atoms. The molecule has 0 spiro atoms. The number of nitrogens with one attached hydrogen (secondary N) is 1. The third-order valence-electron chi connectivity index (χ3n) is 2.67. The zero-order valence-corrected chi connectivity index (χ0v) is 13.2. The highest BCUT2D eigenvalue weighted by Crippen LogP contribution is 2.28. The number of amides is 3. The lowest BCUT2D eigenvalue weighted by Crippen LogP contribution is -2.39. The number of aromatic nitrogens is 3. The van der Waals surface area contributed by atoms with Crippen molar-refractivity contribution < 1.29 is 9.59 Å². The van der Waals surface area contributed by atoms with Crippen molar-refractivity contribution in [2.24, 2.45) is 5.73 Å². The Morgan fingerprint density at radius 3 is 2.86 bits per heavy atom. The molecule has 0 saturated carbocycles. The van der Waals surface area contributed by atoms with Crippen molar-refractivity contribution in [2.45, 2.75) is 30.8 Å². The van der Waals surface area contributed by atoms with Gasteiger partial charge in [-0.15, -0.1) is 21.5 Å². The van der Waals surface area contributed by atoms with Crippen molar-refractivity contribution >= 4 is 35.0 Å². The predicted molar refractivity (Wildman–Crippen MR) is 82.1 cm³/mol. The SMILES string of the molecule is CCn1c(S[C@H](C)C(=O)NC(N)=O)nnc1-c1cccs1. The lowest BCUT2D eigenvalue weighted by Gasteiger charge is -2.10. The molecule has 2 aromatic rings. The number of thiophene rings is 1. The summed E-state index contributed by atoms with van der Waals surface area (Å²) in [4.78, 5) is 23.4. The number of hydrogen-bond acceptors (Lipinski definition) is 6. The summed E-state index contributed by atoms with van der Waals surface area (Å²) in [6, 6.07) is 3.06. The molecular formula is C12H15N5O2S2. The average molecular weight is 325 g/mol. The summed E-state index contributed by atoms with van der Waals surface area (Å²) in [7, 11) is 0. The minimum absolute atomic E-state index is 0.448. The van der Waals surface area contributed by atoms with E-state index in [-0.39, 0.29) is 0 Å². The number of nitrogens with zero attached hydrogens (tertiary/aromatic N) is 3. The van der Waals surface area contributed by atoms with E-state index in [9.17, 15) is 9.59 Å². The van der Waals surface area contributed by atoms with Gasteiger partial charge in [-0.2, -0.15) is 0 Å². The molecule has 0 radical (unpaired) electrons. The fraction of sp³-hybridized carbons (Fsp3) is 0.333. The Morgan fingerprint density at radius 2 is 2.29 bits per heavy atom. The standard InChI is InChI=1S/C12H15N5O2S2/c1-3-17-9(8-5-4-6-20-8)15-16-12(17)21-7(2)10(18)14-11(13)19/h4-7H,3H2,1-2H3,(H3,13,14,18,19)/t7-/m1/s1. The Bertz CT molecular complexity index is 638. The summed E-state index contributed by atoms with van der Waals surface area (Å²) >= 11 is 2.82. The maximum Gasteiger partial charge on any atom is 0.318 e. The average Bonchev–Trinajstić information content (AvgIpc) is 3.05. The fourth-order valence-corrected chi connectivity index (χ4v) is 3.31. The van der Waals surface area contributed by atoms with Gasteiger partial charge in [0.05, 0.1) is 10.1 Å². The van der Waals surface area contributed by atoms with Crippen LogP contribution in [0.4, 0.5) is 4.79 Å². The monoisotopic (exact) mass is 325 g/mol. The van der Waals surface area contributed by atoms with E-state index >= 15 is 0 Å². The van der Waals surface area contributed by atoms with Crippen molar-refractivity contribution in [1.82, 2.24) is 20.1 Å². The van der Waals surface area contributed by atoms with Gasteiger partial charge in [0, 0.05) is 6.54 Å². The van der Waals surface area contributed by atoms with Crippen molar-refractivity contribution in [3.8, 4) is 10.7 Å². The number of carbonyl (C=O) groups excluding carboxylic acids is 2. The number of rotatable bonds is 5. The topological polar surface area (TPSA) is 103 Å². The molecule has 3 N–H and O–H groups in total. The van der Waals surface area contributed by atoms with Crippen LogP contribution in [0.25, 0.3) is 10.7 Å². The largest absolute Gasteiger partial charge is 0.351 e. The molecule has 2 heterocycles. The number of carbonyl (C=O) groups is 2. The first-order chi connectivity index (χ1) is 10.0. The minimum atomic E-state index is -0.858. The van der Waals surface area contributed by atoms with Crippen molar-refractivity contribution in [1.29, 1.82) is 0 Å². The second-order valence-electron chi connectivity index (χ2n) is 4.14. The molecule has 9 heteroatoms. The van der Waals surface area contributed by atoms with E-state index in [1.165, 1.54) is 11.8 Å². The first kappa shape index (κ1) is 15.5. The fourth-order valence-electron chi connectivity index (χ4n) is 1.68. The van der Waals surface area contributed by atoms with Crippen LogP contribution in [0.15, 0.2) is 22.7 Å². The summed E-state index contributed by atoms with van der Waals surface area (Å²) in [5.74, 6) is 0.327. The minimum Gasteiger partial charge on any atom is -0.351 e. The highest BCUT2D eigenvalue weighted by Gasteiger charge is 2.21. The van der Waals surface area contributed by atoms with Gasteiger partial charge in [-0.25, -0.2) is 4.79 Å². The Balaban J connectivity index is 2.18. The summed E-state index contributed by atoms with van der Waals surface area (Å²) in [6.07, 6.45) is 0. The third-order valence-corrected chi connectivity index (χ3v) is 4.62. The Kier molecular flexibility index (Phi) is 4.97. The van der Waals surface area contributed by atoms with Gasteiger partial charge in [0.25, 0.3) is 0 Å². The lowest BCUT2D eigenvalue weighted by atomic mass is 10.4. The highest BCUT2D eigenvalue weighted by atomic mass is 32.2. The van der Waals surface area contributed by atoms with Crippen molar-refractivity contribution in [2.75, 3.05) is 0 Å². The highest BCUT2D eigenvalue weighted by molar-refractivity contribution is 8.00. The molecule has 3 amide bonds. The van der Waals surface area contributed by atoms with Crippen molar-refractivity contribution in [3.63, 3.8) is 0 Å². The molecule has 0 aliphatic rings. The summed E-state index contributed by atoms with van der Waals surface area (Å²) in [5.41, 5.74) is 4.94. The smallest absolute Gasteiger partial charge is 0.318 e. The van der Waals surface area contributed by atoms with Gasteiger partial charge >= 0.3 is 6.03 Å². The van der Waals surface area contributed by atoms with Crippen LogP contribution >= 0.6 is 23.1 Å². The molecular weight excluding hydrogens is 310 g/mol. The molecule has 21 heavy (non-hydrogen) atoms. The maximum atomic E-state index is 11.7. The molecule has 1 atom stereocenters. The molecule has 112 valence electrons. The number of nitrogens with two attached hydrogens (primary N) is 1. The van der Waals surface area contributed by atoms with Crippen LogP contribution in [0.2, 0.25) is 0 Å². The van der Waals surface area contributed by atoms with Gasteiger partial charge in [0.15, 0.2) is 11.0 Å². The quantitative estimate of drug-likeness (QED) is 0.815. The Labute approximate surface area is 129 Å². The lowest BCUT2D eigenvalue weighted by molar-refractivity contribution is -0.119. The molecule has 0 unspecified atom stereocenters. The number of primary amides is 1. The van der Waals surface area contributed by atoms with Gasteiger partial charge in [-0.3, -0.25) is 10.1 Å². The molecule has 0 aliphatic carbocycles. The van der Waals surface area contributed by atoms with Crippen LogP contribution in [-0.2, 0) is 11.3 Å². The Hall–Kier alpha value is -1.87. The summed E-state index contributed by atoms with van der Waals surface area (Å²) in [6.45, 7) is 4.35. The number of urea groups is 1. The second-order valence-corrected chi connectivity index (χ2v) is 6.40. The van der Waals surface area contributed by atoms with E-state index in [0.717, 1.165) is 10.7 Å². The van der Waals surface area contributed by atoms with E-state index in [1.54, 1.807) is 18.3 Å². The number of thioether (sulfide) groups is 1. The zero-order valence-electron chi connectivity index (χ0n) is 11.6. The normalized spacial score (nSPS) is 12.1. The molecule has 0 saturated heterocycles. The second kappa shape index (κ2) is 6.72. The maximum absolute atomic E-state index is 11.7. The third kappa shape index (κ3) is 3.61. The van der Waals surface area contributed by atoms with Crippen LogP contribution in [-0.4, -0.2) is 32.0 Å². The van der Waals surface area contributed by atoms with Crippen LogP contribution in [0.5, 0.6) is 0 Å². The zero-order chi connectivity index (χ0) is 15.4. The number of imide groups is 1. The van der Waals surface area contributed by atoms with Gasteiger partial charge in [0.2, 0.25) is 5.91 Å². The van der Waals surface area contributed by atoms with Gasteiger partial charge < -0.3 is 10.3 Å². The van der Waals surface area contributed by atoms with Gasteiger partial charge in [-0.1, -0.05) is 17.8 Å². The molecule has 0 fully saturated rings. The van der Waals surface area contributed by atoms with Crippen LogP contribution in [0.3, 0.4) is 0 Å². The van der Waals surface area contributed by atoms with Crippen LogP contribution < -0.4 is 11.1 Å².